The van der Waals surface area contributed by atoms with Crippen molar-refractivity contribution < 1.29 is 17.7 Å². The number of nitrogens with one attached hydrogen (secondary N) is 1. The van der Waals surface area contributed by atoms with E-state index in [0.29, 0.717) is 6.26 Å². The molecule has 1 aliphatic heterocycles. The molecule has 1 atom stereocenters. The Labute approximate surface area is 95.2 Å². The van der Waals surface area contributed by atoms with Gasteiger partial charge in [-0.05, 0) is 12.1 Å². The van der Waals surface area contributed by atoms with Gasteiger partial charge in [-0.3, -0.25) is 9.87 Å². The topological polar surface area (TPSA) is 75.6 Å². The molecule has 0 saturated carbocycles. The van der Waals surface area contributed by atoms with Crippen LogP contribution < -0.4 is 10.1 Å². The predicted molar refractivity (Wildman–Crippen MR) is 61.0 cm³/mol. The smallest absolute Gasteiger partial charge is 0.261 e. The van der Waals surface area contributed by atoms with Crippen molar-refractivity contribution in [3.05, 3.63) is 30.3 Å². The Balaban J connectivity index is 0.000000221. The van der Waals surface area contributed by atoms with E-state index in [2.05, 4.69) is 5.32 Å². The molecule has 0 bridgehead atoms. The van der Waals surface area contributed by atoms with E-state index in [1.54, 1.807) is 0 Å². The maximum atomic E-state index is 9.19. The lowest BCUT2D eigenvalue weighted by molar-refractivity contribution is 0.0987. The van der Waals surface area contributed by atoms with Crippen molar-refractivity contribution >= 4 is 10.1 Å². The van der Waals surface area contributed by atoms with E-state index in [4.69, 9.17) is 9.29 Å². The molecule has 16 heavy (non-hydrogen) atoms. The van der Waals surface area contributed by atoms with Gasteiger partial charge in [0.05, 0.1) is 6.26 Å². The van der Waals surface area contributed by atoms with Gasteiger partial charge in [-0.25, -0.2) is 0 Å². The van der Waals surface area contributed by atoms with Gasteiger partial charge in [0.25, 0.3) is 10.1 Å². The molecule has 1 saturated heterocycles. The zero-order chi connectivity index (χ0) is 12.0. The van der Waals surface area contributed by atoms with Gasteiger partial charge in [-0.1, -0.05) is 18.2 Å². The van der Waals surface area contributed by atoms with Crippen LogP contribution in [0, 0.1) is 0 Å². The van der Waals surface area contributed by atoms with Gasteiger partial charge in [0.1, 0.15) is 5.75 Å². The van der Waals surface area contributed by atoms with Crippen molar-refractivity contribution in [2.24, 2.45) is 0 Å². The number of benzene rings is 1. The lowest BCUT2D eigenvalue weighted by Crippen LogP contribution is -2.46. The minimum absolute atomic E-state index is 0.248. The zero-order valence-electron chi connectivity index (χ0n) is 8.96. The molecule has 6 heteroatoms. The van der Waals surface area contributed by atoms with Crippen LogP contribution in [0.1, 0.15) is 6.42 Å². The van der Waals surface area contributed by atoms with Crippen LogP contribution in [-0.4, -0.2) is 32.0 Å². The lowest BCUT2D eigenvalue weighted by Gasteiger charge is -2.27. The fraction of sp³-hybridized carbons (Fsp3) is 0.400. The molecule has 0 spiro atoms. The standard InChI is InChI=1S/C9H11NO.CH4O3S/c1-2-4-8(5-3-1)11-9-6-7-10-9;1-5(2,3)4/h1-5,9-10H,6-7H2;1H3,(H,2,3,4). The van der Waals surface area contributed by atoms with E-state index in [-0.39, 0.29) is 6.23 Å². The monoisotopic (exact) mass is 245 g/mol. The third-order valence-electron chi connectivity index (χ3n) is 1.80. The summed E-state index contributed by atoms with van der Waals surface area (Å²) in [5.41, 5.74) is 0. The molecule has 0 aliphatic carbocycles. The molecule has 1 aromatic carbocycles. The number of rotatable bonds is 2. The summed E-state index contributed by atoms with van der Waals surface area (Å²) in [5.74, 6) is 0.949. The van der Waals surface area contributed by atoms with E-state index >= 15 is 0 Å². The fourth-order valence-corrected chi connectivity index (χ4v) is 1.03. The third-order valence-corrected chi connectivity index (χ3v) is 1.80. The average molecular weight is 245 g/mol. The largest absolute Gasteiger partial charge is 0.475 e. The highest BCUT2D eigenvalue weighted by Crippen LogP contribution is 2.13. The van der Waals surface area contributed by atoms with Gasteiger partial charge in [-0.15, -0.1) is 0 Å². The Bertz CT molecular complexity index is 392. The van der Waals surface area contributed by atoms with Gasteiger partial charge in [0.15, 0.2) is 6.23 Å². The maximum Gasteiger partial charge on any atom is 0.261 e. The summed E-state index contributed by atoms with van der Waals surface area (Å²) < 4.78 is 31.4. The summed E-state index contributed by atoms with van der Waals surface area (Å²) in [7, 11) is -3.67. The zero-order valence-corrected chi connectivity index (χ0v) is 9.78. The van der Waals surface area contributed by atoms with Crippen LogP contribution in [0.25, 0.3) is 0 Å². The van der Waals surface area contributed by atoms with Crippen molar-refractivity contribution in [3.8, 4) is 5.75 Å². The highest BCUT2D eigenvalue weighted by Gasteiger charge is 2.16. The lowest BCUT2D eigenvalue weighted by atomic mass is 10.2. The van der Waals surface area contributed by atoms with Gasteiger partial charge in [0.2, 0.25) is 0 Å². The molecule has 5 nitrogen and oxygen atoms in total. The molecule has 1 unspecified atom stereocenters. The molecule has 1 aromatic rings. The van der Waals surface area contributed by atoms with Gasteiger partial charge >= 0.3 is 0 Å². The van der Waals surface area contributed by atoms with Crippen molar-refractivity contribution in [1.82, 2.24) is 5.32 Å². The summed E-state index contributed by atoms with van der Waals surface area (Å²) in [6.45, 7) is 1.08. The minimum atomic E-state index is -3.67. The van der Waals surface area contributed by atoms with Crippen LogP contribution in [0.5, 0.6) is 5.75 Å². The molecule has 0 aromatic heterocycles. The molecule has 1 heterocycles. The predicted octanol–water partition coefficient (Wildman–Crippen LogP) is 0.889. The first-order valence-electron chi connectivity index (χ1n) is 4.83. The fourth-order valence-electron chi connectivity index (χ4n) is 1.03. The number of para-hydroxylation sites is 1. The van der Waals surface area contributed by atoms with Crippen LogP contribution in [0.15, 0.2) is 30.3 Å². The molecule has 1 fully saturated rings. The first kappa shape index (κ1) is 13.0. The second-order valence-corrected chi connectivity index (χ2v) is 4.86. The number of ether oxygens (including phenoxy) is 1. The van der Waals surface area contributed by atoms with E-state index < -0.39 is 10.1 Å². The van der Waals surface area contributed by atoms with Gasteiger partial charge in [-0.2, -0.15) is 8.42 Å². The summed E-state index contributed by atoms with van der Waals surface area (Å²) >= 11 is 0. The minimum Gasteiger partial charge on any atom is -0.475 e. The Hall–Kier alpha value is -1.11. The Morgan fingerprint density at radius 1 is 1.38 bits per heavy atom. The van der Waals surface area contributed by atoms with Crippen LogP contribution in [0.3, 0.4) is 0 Å². The maximum absolute atomic E-state index is 9.19. The Morgan fingerprint density at radius 3 is 2.25 bits per heavy atom. The van der Waals surface area contributed by atoms with Crippen LogP contribution in [0.4, 0.5) is 0 Å². The Morgan fingerprint density at radius 2 is 1.88 bits per heavy atom. The van der Waals surface area contributed by atoms with Gasteiger partial charge < -0.3 is 4.74 Å². The first-order valence-corrected chi connectivity index (χ1v) is 6.67. The van der Waals surface area contributed by atoms with E-state index in [1.807, 2.05) is 30.3 Å². The van der Waals surface area contributed by atoms with Gasteiger partial charge in [0, 0.05) is 13.0 Å². The summed E-state index contributed by atoms with van der Waals surface area (Å²) in [6.07, 6.45) is 2.08. The van der Waals surface area contributed by atoms with E-state index in [0.717, 1.165) is 18.7 Å². The SMILES string of the molecule is CS(=O)(=O)O.c1ccc(OC2CCN2)cc1. The van der Waals surface area contributed by atoms with Crippen molar-refractivity contribution in [1.29, 1.82) is 0 Å². The first-order chi connectivity index (χ1) is 7.45. The molecule has 1 aliphatic rings. The quantitative estimate of drug-likeness (QED) is 0.757. The van der Waals surface area contributed by atoms with E-state index in [1.165, 1.54) is 0 Å². The van der Waals surface area contributed by atoms with Crippen molar-refractivity contribution in [2.75, 3.05) is 12.8 Å². The highest BCUT2D eigenvalue weighted by atomic mass is 32.2. The molecule has 2 N–H and O–H groups in total. The second-order valence-electron chi connectivity index (χ2n) is 3.40. The van der Waals surface area contributed by atoms with Crippen molar-refractivity contribution in [3.63, 3.8) is 0 Å². The molecule has 2 rings (SSSR count). The summed E-state index contributed by atoms with van der Waals surface area (Å²) in [5, 5.41) is 3.17. The molecular formula is C10H15NO4S. The Kier molecular flexibility index (Phi) is 4.72. The summed E-state index contributed by atoms with van der Waals surface area (Å²) in [6, 6.07) is 9.89. The number of hydrogen-bond acceptors (Lipinski definition) is 4. The molecule has 0 radical (unpaired) electrons. The number of hydrogen-bond donors (Lipinski definition) is 2. The highest BCUT2D eigenvalue weighted by molar-refractivity contribution is 7.85. The second kappa shape index (κ2) is 5.83. The van der Waals surface area contributed by atoms with Crippen LogP contribution in [-0.2, 0) is 10.1 Å². The van der Waals surface area contributed by atoms with Crippen LogP contribution >= 0.6 is 0 Å². The van der Waals surface area contributed by atoms with E-state index in [9.17, 15) is 8.42 Å². The molecule has 90 valence electrons. The molecule has 0 amide bonds. The van der Waals surface area contributed by atoms with Crippen molar-refractivity contribution in [2.45, 2.75) is 12.6 Å². The average Bonchev–Trinajstić information content (AvgIpc) is 2.11. The molecular weight excluding hydrogens is 230 g/mol. The normalized spacial score (nSPS) is 19.0. The van der Waals surface area contributed by atoms with Crippen LogP contribution in [0.2, 0.25) is 0 Å². The third kappa shape index (κ3) is 6.39. The summed E-state index contributed by atoms with van der Waals surface area (Å²) in [4.78, 5) is 0.